The van der Waals surface area contributed by atoms with Gasteiger partial charge in [0.1, 0.15) is 6.10 Å². The van der Waals surface area contributed by atoms with E-state index in [0.29, 0.717) is 17.3 Å². The predicted octanol–water partition coefficient (Wildman–Crippen LogP) is 3.45. The molecule has 2 radical (unpaired) electrons. The average Bonchev–Trinajstić information content (AvgIpc) is 2.61. The van der Waals surface area contributed by atoms with Crippen LogP contribution in [0.25, 0.3) is 0 Å². The SMILES string of the molecule is [B]C1(CC)CCCC2C(CC1)OC(=S)N2C(C)C. The van der Waals surface area contributed by atoms with Crippen LogP contribution in [0, 0.1) is 0 Å². The highest BCUT2D eigenvalue weighted by atomic mass is 32.1. The highest BCUT2D eigenvalue weighted by Gasteiger charge is 2.42. The zero-order chi connectivity index (χ0) is 13.3. The molecule has 1 aliphatic heterocycles. The summed E-state index contributed by atoms with van der Waals surface area (Å²) in [6.07, 6.45) is 6.88. The van der Waals surface area contributed by atoms with Crippen molar-refractivity contribution in [1.29, 1.82) is 0 Å². The smallest absolute Gasteiger partial charge is 0.260 e. The van der Waals surface area contributed by atoms with Crippen molar-refractivity contribution in [3.63, 3.8) is 0 Å². The van der Waals surface area contributed by atoms with E-state index < -0.39 is 0 Å². The van der Waals surface area contributed by atoms with Gasteiger partial charge in [0, 0.05) is 6.04 Å². The van der Waals surface area contributed by atoms with E-state index in [9.17, 15) is 0 Å². The Kier molecular flexibility index (Phi) is 4.25. The van der Waals surface area contributed by atoms with Crippen molar-refractivity contribution in [2.75, 3.05) is 0 Å². The van der Waals surface area contributed by atoms with E-state index in [0.717, 1.165) is 32.1 Å². The van der Waals surface area contributed by atoms with Crippen molar-refractivity contribution in [2.24, 2.45) is 0 Å². The summed E-state index contributed by atoms with van der Waals surface area (Å²) >= 11 is 5.38. The van der Waals surface area contributed by atoms with Crippen LogP contribution < -0.4 is 0 Å². The number of fused-ring (bicyclic) bond motifs is 1. The van der Waals surface area contributed by atoms with Crippen LogP contribution in [-0.4, -0.2) is 36.1 Å². The van der Waals surface area contributed by atoms with Crippen LogP contribution in [0.15, 0.2) is 0 Å². The molecule has 2 rings (SSSR count). The number of hydrogen-bond donors (Lipinski definition) is 0. The van der Waals surface area contributed by atoms with Gasteiger partial charge in [-0.1, -0.05) is 37.9 Å². The Hall–Kier alpha value is -0.245. The highest BCUT2D eigenvalue weighted by Crippen LogP contribution is 2.43. The maximum Gasteiger partial charge on any atom is 0.260 e. The zero-order valence-electron chi connectivity index (χ0n) is 11.8. The summed E-state index contributed by atoms with van der Waals surface area (Å²) in [6, 6.07) is 0.902. The van der Waals surface area contributed by atoms with Crippen molar-refractivity contribution >= 4 is 25.2 Å². The van der Waals surface area contributed by atoms with Gasteiger partial charge in [0.25, 0.3) is 5.17 Å². The number of ether oxygens (including phenoxy) is 1. The van der Waals surface area contributed by atoms with Gasteiger partial charge >= 0.3 is 0 Å². The summed E-state index contributed by atoms with van der Waals surface area (Å²) in [5, 5.41) is 0.710. The molecule has 0 spiro atoms. The molecule has 2 fully saturated rings. The van der Waals surface area contributed by atoms with Gasteiger partial charge < -0.3 is 9.64 Å². The summed E-state index contributed by atoms with van der Waals surface area (Å²) in [6.45, 7) is 6.58. The second-order valence-electron chi connectivity index (χ2n) is 6.14. The van der Waals surface area contributed by atoms with E-state index in [1.54, 1.807) is 0 Å². The summed E-state index contributed by atoms with van der Waals surface area (Å²) in [7, 11) is 6.44. The molecule has 0 aromatic heterocycles. The molecule has 0 N–H and O–H groups in total. The first-order chi connectivity index (χ1) is 8.47. The molecule has 1 aliphatic carbocycles. The molecular formula is C14H24BNOS. The van der Waals surface area contributed by atoms with Gasteiger partial charge in [-0.2, -0.15) is 0 Å². The molecule has 3 atom stereocenters. The summed E-state index contributed by atoms with van der Waals surface area (Å²) in [5.74, 6) is 0. The van der Waals surface area contributed by atoms with Crippen molar-refractivity contribution in [3.05, 3.63) is 0 Å². The molecule has 1 saturated carbocycles. The molecule has 0 amide bonds. The van der Waals surface area contributed by atoms with Gasteiger partial charge in [0.05, 0.1) is 13.9 Å². The molecule has 3 unspecified atom stereocenters. The fourth-order valence-corrected chi connectivity index (χ4v) is 3.79. The third kappa shape index (κ3) is 2.68. The van der Waals surface area contributed by atoms with E-state index in [1.807, 2.05) is 0 Å². The Morgan fingerprint density at radius 1 is 1.44 bits per heavy atom. The van der Waals surface area contributed by atoms with Crippen molar-refractivity contribution in [1.82, 2.24) is 4.90 Å². The summed E-state index contributed by atoms with van der Waals surface area (Å²) in [4.78, 5) is 2.29. The number of thiocarbonyl (C=S) groups is 1. The monoisotopic (exact) mass is 265 g/mol. The first kappa shape index (κ1) is 14.2. The molecule has 18 heavy (non-hydrogen) atoms. The van der Waals surface area contributed by atoms with Gasteiger partial charge in [0.2, 0.25) is 0 Å². The third-order valence-corrected chi connectivity index (χ3v) is 4.92. The van der Waals surface area contributed by atoms with E-state index in [2.05, 4.69) is 25.7 Å². The van der Waals surface area contributed by atoms with Crippen LogP contribution in [-0.2, 0) is 4.74 Å². The lowest BCUT2D eigenvalue weighted by molar-refractivity contribution is 0.140. The lowest BCUT2D eigenvalue weighted by Crippen LogP contribution is -2.42. The van der Waals surface area contributed by atoms with Crippen LogP contribution in [0.1, 0.15) is 59.3 Å². The van der Waals surface area contributed by atoms with Crippen molar-refractivity contribution in [2.45, 2.75) is 82.8 Å². The fraction of sp³-hybridized carbons (Fsp3) is 0.929. The normalized spacial score (nSPS) is 37.1. The predicted molar refractivity (Wildman–Crippen MR) is 80.1 cm³/mol. The van der Waals surface area contributed by atoms with E-state index in [-0.39, 0.29) is 11.4 Å². The molecule has 0 aromatic carbocycles. The molecule has 4 heteroatoms. The van der Waals surface area contributed by atoms with Crippen LogP contribution >= 0.6 is 12.2 Å². The van der Waals surface area contributed by atoms with Crippen LogP contribution in [0.4, 0.5) is 0 Å². The van der Waals surface area contributed by atoms with Crippen LogP contribution in [0.3, 0.4) is 0 Å². The van der Waals surface area contributed by atoms with Gasteiger partial charge in [-0.05, 0) is 38.9 Å². The molecule has 0 bridgehead atoms. The standard InChI is InChI=1S/C14H24BNOS/c1-4-14(15)8-5-6-11-12(7-9-14)17-13(18)16(11)10(2)3/h10-12H,4-9H2,1-3H3. The third-order valence-electron chi connectivity index (χ3n) is 4.61. The Morgan fingerprint density at radius 3 is 2.78 bits per heavy atom. The summed E-state index contributed by atoms with van der Waals surface area (Å²) in [5.41, 5.74) is 0. The second kappa shape index (κ2) is 5.40. The molecule has 2 aliphatic rings. The Labute approximate surface area is 118 Å². The maximum absolute atomic E-state index is 6.44. The van der Waals surface area contributed by atoms with E-state index in [4.69, 9.17) is 24.8 Å². The largest absolute Gasteiger partial charge is 0.465 e. The Morgan fingerprint density at radius 2 is 2.17 bits per heavy atom. The molecule has 100 valence electrons. The molecule has 0 aromatic rings. The van der Waals surface area contributed by atoms with Crippen LogP contribution in [0.2, 0.25) is 5.31 Å². The van der Waals surface area contributed by atoms with Gasteiger partial charge in [0.15, 0.2) is 0 Å². The average molecular weight is 265 g/mol. The van der Waals surface area contributed by atoms with Gasteiger partial charge in [-0.15, -0.1) is 0 Å². The zero-order valence-corrected chi connectivity index (χ0v) is 12.6. The lowest BCUT2D eigenvalue weighted by atomic mass is 9.60. The maximum atomic E-state index is 6.44. The molecule has 1 saturated heterocycles. The van der Waals surface area contributed by atoms with Crippen LogP contribution in [0.5, 0.6) is 0 Å². The second-order valence-corrected chi connectivity index (χ2v) is 6.49. The minimum absolute atomic E-state index is 0.0151. The Balaban J connectivity index is 2.09. The minimum Gasteiger partial charge on any atom is -0.465 e. The van der Waals surface area contributed by atoms with Gasteiger partial charge in [-0.25, -0.2) is 0 Å². The van der Waals surface area contributed by atoms with Crippen molar-refractivity contribution < 1.29 is 4.74 Å². The number of rotatable bonds is 2. The lowest BCUT2D eigenvalue weighted by Gasteiger charge is -2.36. The summed E-state index contributed by atoms with van der Waals surface area (Å²) < 4.78 is 5.91. The molecular weight excluding hydrogens is 241 g/mol. The first-order valence-corrected chi connectivity index (χ1v) is 7.65. The first-order valence-electron chi connectivity index (χ1n) is 7.24. The van der Waals surface area contributed by atoms with Gasteiger partial charge in [-0.3, -0.25) is 0 Å². The quantitative estimate of drug-likeness (QED) is 0.560. The topological polar surface area (TPSA) is 12.5 Å². The number of nitrogens with zero attached hydrogens (tertiary/aromatic N) is 1. The highest BCUT2D eigenvalue weighted by molar-refractivity contribution is 7.80. The number of hydrogen-bond acceptors (Lipinski definition) is 2. The van der Waals surface area contributed by atoms with E-state index >= 15 is 0 Å². The fourth-order valence-electron chi connectivity index (χ4n) is 3.33. The Bertz CT molecular complexity index is 323. The molecule has 1 heterocycles. The van der Waals surface area contributed by atoms with Crippen molar-refractivity contribution in [3.8, 4) is 0 Å². The minimum atomic E-state index is 0.0151. The molecule has 2 nitrogen and oxygen atoms in total. The van der Waals surface area contributed by atoms with E-state index in [1.165, 1.54) is 6.42 Å².